The van der Waals surface area contributed by atoms with Crippen LogP contribution in [0.3, 0.4) is 0 Å². The van der Waals surface area contributed by atoms with Crippen molar-refractivity contribution < 1.29 is 0 Å². The molecular formula is C16H24BrN3. The molecule has 0 radical (unpaired) electrons. The summed E-state index contributed by atoms with van der Waals surface area (Å²) in [6.45, 7) is 7.19. The van der Waals surface area contributed by atoms with Crippen molar-refractivity contribution in [3.05, 3.63) is 34.3 Å². The molecule has 0 bridgehead atoms. The van der Waals surface area contributed by atoms with Gasteiger partial charge in [0.05, 0.1) is 0 Å². The summed E-state index contributed by atoms with van der Waals surface area (Å²) in [7, 11) is 2.21. The Bertz CT molecular complexity index is 426. The van der Waals surface area contributed by atoms with Gasteiger partial charge in [-0.15, -0.1) is 0 Å². The zero-order valence-electron chi connectivity index (χ0n) is 12.2. The average Bonchev–Trinajstić information content (AvgIpc) is 3.21. The quantitative estimate of drug-likeness (QED) is 0.888. The Kier molecular flexibility index (Phi) is 4.76. The van der Waals surface area contributed by atoms with Crippen molar-refractivity contribution in [3.63, 3.8) is 0 Å². The van der Waals surface area contributed by atoms with Crippen molar-refractivity contribution in [3.8, 4) is 0 Å². The average molecular weight is 338 g/mol. The van der Waals surface area contributed by atoms with E-state index in [0.29, 0.717) is 6.04 Å². The third kappa shape index (κ3) is 3.82. The van der Waals surface area contributed by atoms with Crippen molar-refractivity contribution in [2.24, 2.45) is 0 Å². The molecule has 1 aliphatic carbocycles. The highest BCUT2D eigenvalue weighted by Crippen LogP contribution is 2.40. The lowest BCUT2D eigenvalue weighted by molar-refractivity contribution is 0.154. The third-order valence-electron chi connectivity index (χ3n) is 4.52. The van der Waals surface area contributed by atoms with Crippen LogP contribution in [0.4, 0.5) is 0 Å². The fourth-order valence-electron chi connectivity index (χ4n) is 2.98. The van der Waals surface area contributed by atoms with E-state index in [1.807, 2.05) is 0 Å². The second-order valence-corrected chi connectivity index (χ2v) is 7.01. The number of nitrogens with zero attached hydrogens (tertiary/aromatic N) is 2. The molecule has 3 nitrogen and oxygen atoms in total. The Morgan fingerprint density at radius 2 is 1.85 bits per heavy atom. The van der Waals surface area contributed by atoms with Crippen LogP contribution in [0.15, 0.2) is 28.7 Å². The van der Waals surface area contributed by atoms with Gasteiger partial charge in [-0.05, 0) is 31.2 Å². The van der Waals surface area contributed by atoms with E-state index in [2.05, 4.69) is 62.4 Å². The Hall–Kier alpha value is -0.420. The van der Waals surface area contributed by atoms with Crippen LogP contribution >= 0.6 is 15.9 Å². The Morgan fingerprint density at radius 3 is 2.55 bits per heavy atom. The first-order valence-electron chi connectivity index (χ1n) is 7.62. The maximum absolute atomic E-state index is 3.71. The van der Waals surface area contributed by atoms with E-state index < -0.39 is 0 Å². The highest BCUT2D eigenvalue weighted by Gasteiger charge is 2.37. The minimum atomic E-state index is 0.698. The summed E-state index contributed by atoms with van der Waals surface area (Å²) in [6.07, 6.45) is 1.30. The first-order valence-corrected chi connectivity index (χ1v) is 8.41. The van der Waals surface area contributed by atoms with Crippen LogP contribution in [0.25, 0.3) is 0 Å². The van der Waals surface area contributed by atoms with Crippen molar-refractivity contribution in [1.29, 1.82) is 0 Å². The molecular weight excluding hydrogens is 314 g/mol. The number of halogens is 1. The number of hydrogen-bond acceptors (Lipinski definition) is 3. The number of piperazine rings is 1. The molecule has 0 spiro atoms. The molecule has 0 aromatic heterocycles. The van der Waals surface area contributed by atoms with Gasteiger partial charge in [0, 0.05) is 55.7 Å². The lowest BCUT2D eigenvalue weighted by Gasteiger charge is -2.32. The van der Waals surface area contributed by atoms with E-state index in [1.54, 1.807) is 0 Å². The lowest BCUT2D eigenvalue weighted by Crippen LogP contribution is -2.46. The Labute approximate surface area is 130 Å². The first kappa shape index (κ1) is 14.5. The SMILES string of the molecule is CN1CCN(CCNC2CC2c2ccc(Br)cc2)CC1. The van der Waals surface area contributed by atoms with Crippen LogP contribution in [0.1, 0.15) is 17.9 Å². The van der Waals surface area contributed by atoms with Gasteiger partial charge in [0.25, 0.3) is 0 Å². The van der Waals surface area contributed by atoms with E-state index in [4.69, 9.17) is 0 Å². The lowest BCUT2D eigenvalue weighted by atomic mass is 10.1. The fraction of sp³-hybridized carbons (Fsp3) is 0.625. The molecule has 0 amide bonds. The van der Waals surface area contributed by atoms with Crippen LogP contribution in [-0.2, 0) is 0 Å². The van der Waals surface area contributed by atoms with Gasteiger partial charge in [0.2, 0.25) is 0 Å². The largest absolute Gasteiger partial charge is 0.312 e. The smallest absolute Gasteiger partial charge is 0.0175 e. The first-order chi connectivity index (χ1) is 9.72. The number of hydrogen-bond donors (Lipinski definition) is 1. The molecule has 110 valence electrons. The molecule has 4 heteroatoms. The standard InChI is InChI=1S/C16H24BrN3/c1-19-8-10-20(11-9-19)7-6-18-16-12-15(16)13-2-4-14(17)5-3-13/h2-5,15-16,18H,6-12H2,1H3. The van der Waals surface area contributed by atoms with Gasteiger partial charge >= 0.3 is 0 Å². The fourth-order valence-corrected chi connectivity index (χ4v) is 3.24. The number of benzene rings is 1. The highest BCUT2D eigenvalue weighted by atomic mass is 79.9. The van der Waals surface area contributed by atoms with E-state index in [0.717, 1.165) is 12.5 Å². The molecule has 1 N–H and O–H groups in total. The van der Waals surface area contributed by atoms with Gasteiger partial charge in [-0.2, -0.15) is 0 Å². The van der Waals surface area contributed by atoms with Crippen molar-refractivity contribution in [1.82, 2.24) is 15.1 Å². The van der Waals surface area contributed by atoms with E-state index in [-0.39, 0.29) is 0 Å². The predicted molar refractivity (Wildman–Crippen MR) is 87.2 cm³/mol. The topological polar surface area (TPSA) is 18.5 Å². The van der Waals surface area contributed by atoms with E-state index in [1.165, 1.54) is 49.2 Å². The van der Waals surface area contributed by atoms with Crippen LogP contribution in [-0.4, -0.2) is 62.2 Å². The molecule has 2 atom stereocenters. The minimum absolute atomic E-state index is 0.698. The highest BCUT2D eigenvalue weighted by molar-refractivity contribution is 9.10. The molecule has 1 saturated carbocycles. The summed E-state index contributed by atoms with van der Waals surface area (Å²) < 4.78 is 1.17. The summed E-state index contributed by atoms with van der Waals surface area (Å²) >= 11 is 3.50. The van der Waals surface area contributed by atoms with Crippen LogP contribution in [0, 0.1) is 0 Å². The van der Waals surface area contributed by atoms with Gasteiger partial charge in [-0.3, -0.25) is 4.90 Å². The maximum Gasteiger partial charge on any atom is 0.0175 e. The zero-order valence-corrected chi connectivity index (χ0v) is 13.8. The third-order valence-corrected chi connectivity index (χ3v) is 5.05. The second-order valence-electron chi connectivity index (χ2n) is 6.10. The molecule has 1 heterocycles. The summed E-state index contributed by atoms with van der Waals surface area (Å²) in [5, 5.41) is 3.71. The van der Waals surface area contributed by atoms with Crippen LogP contribution in [0.2, 0.25) is 0 Å². The monoisotopic (exact) mass is 337 g/mol. The van der Waals surface area contributed by atoms with Gasteiger partial charge in [-0.1, -0.05) is 28.1 Å². The van der Waals surface area contributed by atoms with Crippen molar-refractivity contribution in [2.75, 3.05) is 46.3 Å². The second kappa shape index (κ2) is 6.56. The predicted octanol–water partition coefficient (Wildman–Crippen LogP) is 2.14. The summed E-state index contributed by atoms with van der Waals surface area (Å²) in [4.78, 5) is 4.98. The van der Waals surface area contributed by atoms with Crippen molar-refractivity contribution >= 4 is 15.9 Å². The molecule has 1 aromatic carbocycles. The Balaban J connectivity index is 1.35. The summed E-state index contributed by atoms with van der Waals surface area (Å²) in [6, 6.07) is 9.49. The Morgan fingerprint density at radius 1 is 1.15 bits per heavy atom. The molecule has 20 heavy (non-hydrogen) atoms. The normalized spacial score (nSPS) is 27.7. The van der Waals surface area contributed by atoms with Gasteiger partial charge < -0.3 is 10.2 Å². The number of rotatable bonds is 5. The van der Waals surface area contributed by atoms with Gasteiger partial charge in [0.1, 0.15) is 0 Å². The van der Waals surface area contributed by atoms with Gasteiger partial charge in [0.15, 0.2) is 0 Å². The minimum Gasteiger partial charge on any atom is -0.312 e. The molecule has 2 unspecified atom stereocenters. The van der Waals surface area contributed by atoms with E-state index >= 15 is 0 Å². The van der Waals surface area contributed by atoms with Crippen molar-refractivity contribution in [2.45, 2.75) is 18.4 Å². The maximum atomic E-state index is 3.71. The van der Waals surface area contributed by atoms with E-state index in [9.17, 15) is 0 Å². The molecule has 3 rings (SSSR count). The molecule has 1 saturated heterocycles. The zero-order chi connectivity index (χ0) is 13.9. The van der Waals surface area contributed by atoms with Gasteiger partial charge in [-0.25, -0.2) is 0 Å². The summed E-state index contributed by atoms with van der Waals surface area (Å²) in [5.74, 6) is 0.732. The molecule has 1 aliphatic heterocycles. The molecule has 2 fully saturated rings. The number of nitrogens with one attached hydrogen (secondary N) is 1. The molecule has 1 aromatic rings. The number of likely N-dealkylation sites (N-methyl/N-ethyl adjacent to an activating group) is 1. The van der Waals surface area contributed by atoms with Crippen LogP contribution < -0.4 is 5.32 Å². The summed E-state index contributed by atoms with van der Waals surface area (Å²) in [5.41, 5.74) is 1.48. The molecule has 2 aliphatic rings. The van der Waals surface area contributed by atoms with Crippen LogP contribution in [0.5, 0.6) is 0 Å².